The first-order chi connectivity index (χ1) is 17.6. The van der Waals surface area contributed by atoms with E-state index in [2.05, 4.69) is 49.9 Å². The van der Waals surface area contributed by atoms with Gasteiger partial charge in [0.1, 0.15) is 0 Å². The number of likely N-dealkylation sites (tertiary alicyclic amines) is 1. The first-order valence-electron chi connectivity index (χ1n) is 12.9. The first kappa shape index (κ1) is 23.1. The zero-order valence-corrected chi connectivity index (χ0v) is 21.0. The topological polar surface area (TPSA) is 73.9 Å². The number of benzene rings is 1. The summed E-state index contributed by atoms with van der Waals surface area (Å²) in [7, 11) is 1.92. The van der Waals surface area contributed by atoms with Crippen molar-refractivity contribution in [1.29, 1.82) is 0 Å². The van der Waals surface area contributed by atoms with Gasteiger partial charge in [0.25, 0.3) is 0 Å². The van der Waals surface area contributed by atoms with Crippen molar-refractivity contribution < 1.29 is 4.74 Å². The molecule has 6 rings (SSSR count). The first-order valence-corrected chi connectivity index (χ1v) is 12.9. The van der Waals surface area contributed by atoms with Crippen molar-refractivity contribution in [2.45, 2.75) is 38.3 Å². The maximum atomic E-state index is 5.67. The number of hydrogen-bond donors (Lipinski definition) is 0. The van der Waals surface area contributed by atoms with E-state index in [0.29, 0.717) is 23.8 Å². The third kappa shape index (κ3) is 4.70. The van der Waals surface area contributed by atoms with Gasteiger partial charge in [0.05, 0.1) is 25.0 Å². The highest BCUT2D eigenvalue weighted by atomic mass is 16.5. The number of hydrogen-bond acceptors (Lipinski definition) is 6. The molecule has 4 aromatic rings. The normalized spacial score (nSPS) is 23.1. The minimum atomic E-state index is 0.401. The number of nitrogens with zero attached hydrogens (tertiary/aromatic N) is 7. The lowest BCUT2D eigenvalue weighted by Crippen LogP contribution is -2.49. The summed E-state index contributed by atoms with van der Waals surface area (Å²) in [6, 6.07) is 9.29. The van der Waals surface area contributed by atoms with E-state index in [0.717, 1.165) is 60.4 Å². The van der Waals surface area contributed by atoms with Gasteiger partial charge in [-0.3, -0.25) is 14.3 Å². The van der Waals surface area contributed by atoms with Crippen LogP contribution in [0.5, 0.6) is 0 Å². The largest absolute Gasteiger partial charge is 0.381 e. The molecule has 36 heavy (non-hydrogen) atoms. The summed E-state index contributed by atoms with van der Waals surface area (Å²) in [5.74, 6) is 1.30. The standard InChI is InChI=1S/C28H33N7O/c1-20-19-36-10-8-27(20)34-9-4-7-26(18-34)35-17-25(15-32-35)23-12-29-28(30-13-23)22-6-3-5-21(11-22)24-14-31-33(2)16-24/h3,5-6,11-17,20,26-27H,4,7-10,18-19H2,1-2H3. The van der Waals surface area contributed by atoms with E-state index in [1.54, 1.807) is 0 Å². The van der Waals surface area contributed by atoms with Gasteiger partial charge in [0.2, 0.25) is 0 Å². The zero-order chi connectivity index (χ0) is 24.5. The Morgan fingerprint density at radius 3 is 2.50 bits per heavy atom. The van der Waals surface area contributed by atoms with E-state index in [1.807, 2.05) is 54.8 Å². The summed E-state index contributed by atoms with van der Waals surface area (Å²) in [6.45, 7) is 6.31. The Morgan fingerprint density at radius 1 is 0.889 bits per heavy atom. The second-order valence-electron chi connectivity index (χ2n) is 10.2. The molecule has 0 radical (unpaired) electrons. The van der Waals surface area contributed by atoms with Crippen LogP contribution >= 0.6 is 0 Å². The fraction of sp³-hybridized carbons (Fsp3) is 0.429. The van der Waals surface area contributed by atoms with Crippen molar-refractivity contribution in [3.05, 3.63) is 61.4 Å². The summed E-state index contributed by atoms with van der Waals surface area (Å²) in [4.78, 5) is 12.0. The van der Waals surface area contributed by atoms with Gasteiger partial charge in [0.15, 0.2) is 5.82 Å². The van der Waals surface area contributed by atoms with Crippen LogP contribution in [0.1, 0.15) is 32.2 Å². The maximum absolute atomic E-state index is 5.67. The number of rotatable bonds is 5. The van der Waals surface area contributed by atoms with Crippen molar-refractivity contribution >= 4 is 0 Å². The minimum Gasteiger partial charge on any atom is -0.381 e. The Hall–Kier alpha value is -3.36. The molecule has 186 valence electrons. The molecule has 2 aliphatic rings. The SMILES string of the molecule is CC1COCCC1N1CCCC(n2cc(-c3cnc(-c4cccc(-c5cnn(C)c5)c4)nc3)cn2)C1. The molecular formula is C28H33N7O. The van der Waals surface area contributed by atoms with Crippen molar-refractivity contribution in [1.82, 2.24) is 34.4 Å². The third-order valence-electron chi connectivity index (χ3n) is 7.61. The molecule has 0 amide bonds. The lowest BCUT2D eigenvalue weighted by Gasteiger charge is -2.42. The number of aryl methyl sites for hydroxylation is 1. The van der Waals surface area contributed by atoms with Crippen LogP contribution in [0, 0.1) is 5.92 Å². The smallest absolute Gasteiger partial charge is 0.159 e. The van der Waals surface area contributed by atoms with Gasteiger partial charge < -0.3 is 4.74 Å². The van der Waals surface area contributed by atoms with Crippen LogP contribution in [0.2, 0.25) is 0 Å². The molecule has 0 saturated carbocycles. The minimum absolute atomic E-state index is 0.401. The average molecular weight is 484 g/mol. The molecule has 3 aromatic heterocycles. The Morgan fingerprint density at radius 2 is 1.69 bits per heavy atom. The van der Waals surface area contributed by atoms with Gasteiger partial charge in [-0.25, -0.2) is 9.97 Å². The van der Waals surface area contributed by atoms with Crippen molar-refractivity contribution in [2.75, 3.05) is 26.3 Å². The van der Waals surface area contributed by atoms with Crippen molar-refractivity contribution in [2.24, 2.45) is 13.0 Å². The van der Waals surface area contributed by atoms with Gasteiger partial charge in [-0.2, -0.15) is 10.2 Å². The quantitative estimate of drug-likeness (QED) is 0.417. The Balaban J connectivity index is 1.16. The molecule has 8 heteroatoms. The van der Waals surface area contributed by atoms with Crippen LogP contribution in [0.15, 0.2) is 61.4 Å². The Bertz CT molecular complexity index is 1310. The number of piperidine rings is 1. The van der Waals surface area contributed by atoms with Crippen LogP contribution in [0.25, 0.3) is 33.6 Å². The second-order valence-corrected chi connectivity index (χ2v) is 10.2. The van der Waals surface area contributed by atoms with E-state index >= 15 is 0 Å². The van der Waals surface area contributed by atoms with Crippen LogP contribution < -0.4 is 0 Å². The molecule has 0 spiro atoms. The lowest BCUT2D eigenvalue weighted by atomic mass is 9.93. The van der Waals surface area contributed by atoms with E-state index < -0.39 is 0 Å². The Kier molecular flexibility index (Phi) is 6.37. The molecule has 0 N–H and O–H groups in total. The zero-order valence-electron chi connectivity index (χ0n) is 21.0. The maximum Gasteiger partial charge on any atom is 0.159 e. The predicted molar refractivity (Wildman–Crippen MR) is 139 cm³/mol. The van der Waals surface area contributed by atoms with Crippen molar-refractivity contribution in [3.63, 3.8) is 0 Å². The van der Waals surface area contributed by atoms with Crippen LogP contribution in [-0.4, -0.2) is 66.8 Å². The van der Waals surface area contributed by atoms with E-state index in [-0.39, 0.29) is 0 Å². The molecule has 2 fully saturated rings. The van der Waals surface area contributed by atoms with Gasteiger partial charge in [-0.1, -0.05) is 25.1 Å². The molecule has 3 atom stereocenters. The number of ether oxygens (including phenoxy) is 1. The van der Waals surface area contributed by atoms with Crippen LogP contribution in [-0.2, 0) is 11.8 Å². The molecule has 2 aliphatic heterocycles. The predicted octanol–water partition coefficient (Wildman–Crippen LogP) is 4.47. The van der Waals surface area contributed by atoms with Gasteiger partial charge in [-0.05, 0) is 43.4 Å². The summed E-state index contributed by atoms with van der Waals surface area (Å²) in [5.41, 5.74) is 5.21. The molecule has 8 nitrogen and oxygen atoms in total. The Labute approximate surface area is 211 Å². The molecule has 0 aliphatic carbocycles. The molecule has 5 heterocycles. The summed E-state index contributed by atoms with van der Waals surface area (Å²) >= 11 is 0. The molecule has 3 unspecified atom stereocenters. The molecule has 2 saturated heterocycles. The lowest BCUT2D eigenvalue weighted by molar-refractivity contribution is -0.0188. The number of aromatic nitrogens is 6. The molecule has 0 bridgehead atoms. The molecule has 1 aromatic carbocycles. The van der Waals surface area contributed by atoms with Gasteiger partial charge >= 0.3 is 0 Å². The molecular weight excluding hydrogens is 450 g/mol. The van der Waals surface area contributed by atoms with Crippen molar-refractivity contribution in [3.8, 4) is 33.6 Å². The van der Waals surface area contributed by atoms with Crippen LogP contribution in [0.4, 0.5) is 0 Å². The summed E-state index contributed by atoms with van der Waals surface area (Å²) in [5, 5.41) is 9.02. The van der Waals surface area contributed by atoms with Gasteiger partial charge in [-0.15, -0.1) is 0 Å². The highest BCUT2D eigenvalue weighted by Crippen LogP contribution is 2.30. The van der Waals surface area contributed by atoms with Crippen LogP contribution in [0.3, 0.4) is 0 Å². The third-order valence-corrected chi connectivity index (χ3v) is 7.61. The fourth-order valence-corrected chi connectivity index (χ4v) is 5.63. The second kappa shape index (κ2) is 9.95. The average Bonchev–Trinajstić information content (AvgIpc) is 3.59. The highest BCUT2D eigenvalue weighted by Gasteiger charge is 2.32. The monoisotopic (exact) mass is 483 g/mol. The highest BCUT2D eigenvalue weighted by molar-refractivity contribution is 5.70. The summed E-state index contributed by atoms with van der Waals surface area (Å²) in [6.07, 6.45) is 15.3. The van der Waals surface area contributed by atoms with Gasteiger partial charge in [0, 0.05) is 73.3 Å². The summed E-state index contributed by atoms with van der Waals surface area (Å²) < 4.78 is 9.63. The van der Waals surface area contributed by atoms with E-state index in [1.165, 1.54) is 13.0 Å². The van der Waals surface area contributed by atoms with E-state index in [9.17, 15) is 0 Å². The fourth-order valence-electron chi connectivity index (χ4n) is 5.63. The van der Waals surface area contributed by atoms with E-state index in [4.69, 9.17) is 9.84 Å².